The maximum atomic E-state index is 12.9. The number of amides is 1. The number of nitrogens with zero attached hydrogens (tertiary/aromatic N) is 2. The molecule has 2 aromatic rings. The average Bonchev–Trinajstić information content (AvgIpc) is 3.15. The lowest BCUT2D eigenvalue weighted by atomic mass is 9.92. The molecule has 0 bridgehead atoms. The summed E-state index contributed by atoms with van der Waals surface area (Å²) < 4.78 is 0. The van der Waals surface area contributed by atoms with E-state index in [1.54, 1.807) is 0 Å². The van der Waals surface area contributed by atoms with Crippen molar-refractivity contribution >= 4 is 17.2 Å². The first-order chi connectivity index (χ1) is 12.2. The molecule has 1 aromatic heterocycles. The fourth-order valence-electron chi connectivity index (χ4n) is 4.17. The average molecular weight is 355 g/mol. The molecule has 132 valence electrons. The van der Waals surface area contributed by atoms with Crippen LogP contribution in [0.15, 0.2) is 41.8 Å². The van der Waals surface area contributed by atoms with Gasteiger partial charge in [0.25, 0.3) is 0 Å². The second-order valence-electron chi connectivity index (χ2n) is 7.28. The molecule has 0 N–H and O–H groups in total. The summed E-state index contributed by atoms with van der Waals surface area (Å²) in [6.07, 6.45) is 3.01. The first-order valence-electron chi connectivity index (χ1n) is 9.35. The van der Waals surface area contributed by atoms with Crippen molar-refractivity contribution in [1.82, 2.24) is 9.80 Å². The van der Waals surface area contributed by atoms with Gasteiger partial charge in [-0.2, -0.15) is 0 Å². The van der Waals surface area contributed by atoms with Crippen LogP contribution in [0.4, 0.5) is 0 Å². The molecule has 2 aliphatic rings. The van der Waals surface area contributed by atoms with E-state index in [1.165, 1.54) is 16.0 Å². The van der Waals surface area contributed by atoms with E-state index < -0.39 is 0 Å². The van der Waals surface area contributed by atoms with Crippen LogP contribution in [-0.2, 0) is 17.8 Å². The second kappa shape index (κ2) is 7.30. The Bertz CT molecular complexity index is 719. The minimum absolute atomic E-state index is 0.208. The maximum absolute atomic E-state index is 12.9. The van der Waals surface area contributed by atoms with E-state index >= 15 is 0 Å². The van der Waals surface area contributed by atoms with Gasteiger partial charge in [-0.25, -0.2) is 0 Å². The van der Waals surface area contributed by atoms with Gasteiger partial charge in [-0.05, 0) is 61.8 Å². The second-order valence-corrected chi connectivity index (χ2v) is 8.28. The van der Waals surface area contributed by atoms with Gasteiger partial charge < -0.3 is 4.90 Å². The highest BCUT2D eigenvalue weighted by molar-refractivity contribution is 7.10. The van der Waals surface area contributed by atoms with Crippen LogP contribution in [0.5, 0.6) is 0 Å². The van der Waals surface area contributed by atoms with Crippen LogP contribution in [0, 0.1) is 5.92 Å². The Balaban J connectivity index is 1.33. The lowest BCUT2D eigenvalue weighted by Gasteiger charge is -2.38. The fourth-order valence-corrected chi connectivity index (χ4v) is 5.06. The summed E-state index contributed by atoms with van der Waals surface area (Å²) in [6.45, 7) is 6.03. The summed E-state index contributed by atoms with van der Waals surface area (Å²) in [5.74, 6) is 0.586. The summed E-state index contributed by atoms with van der Waals surface area (Å²) in [7, 11) is 0. The number of thiophene rings is 1. The molecule has 1 amide bonds. The Hall–Kier alpha value is -1.65. The summed E-state index contributed by atoms with van der Waals surface area (Å²) in [6, 6.07) is 13.3. The number of carbonyl (C=O) groups excluding carboxylic acids is 1. The zero-order valence-corrected chi connectivity index (χ0v) is 15.7. The number of fused-ring (bicyclic) bond motifs is 1. The molecule has 0 aliphatic carbocycles. The number of rotatable bonds is 3. The number of hydrogen-bond donors (Lipinski definition) is 0. The van der Waals surface area contributed by atoms with Gasteiger partial charge in [0.15, 0.2) is 0 Å². The Kier molecular flexibility index (Phi) is 4.91. The Morgan fingerprint density at radius 1 is 1.12 bits per heavy atom. The Labute approximate surface area is 154 Å². The Morgan fingerprint density at radius 2 is 1.88 bits per heavy atom. The van der Waals surface area contributed by atoms with Crippen LogP contribution in [0.2, 0.25) is 0 Å². The molecule has 3 nitrogen and oxygen atoms in total. The van der Waals surface area contributed by atoms with Crippen molar-refractivity contribution in [2.75, 3.05) is 19.6 Å². The van der Waals surface area contributed by atoms with Crippen molar-refractivity contribution < 1.29 is 4.79 Å². The van der Waals surface area contributed by atoms with Gasteiger partial charge in [-0.15, -0.1) is 11.3 Å². The first-order valence-corrected chi connectivity index (χ1v) is 10.2. The molecule has 0 saturated carbocycles. The predicted octanol–water partition coefficient (Wildman–Crippen LogP) is 4.11. The van der Waals surface area contributed by atoms with E-state index in [0.717, 1.165) is 45.4 Å². The summed E-state index contributed by atoms with van der Waals surface area (Å²) in [4.78, 5) is 19.0. The predicted molar refractivity (Wildman–Crippen MR) is 103 cm³/mol. The molecule has 1 fully saturated rings. The SMILES string of the molecule is CC(c1ccccc1)N1CCC(C(=O)N2CCc3sccc3C2)CC1. The first kappa shape index (κ1) is 16.8. The van der Waals surface area contributed by atoms with Crippen molar-refractivity contribution in [3.8, 4) is 0 Å². The molecule has 1 atom stereocenters. The van der Waals surface area contributed by atoms with E-state index in [1.807, 2.05) is 11.3 Å². The van der Waals surface area contributed by atoms with Crippen molar-refractivity contribution in [2.24, 2.45) is 5.92 Å². The number of likely N-dealkylation sites (tertiary alicyclic amines) is 1. The van der Waals surface area contributed by atoms with Gasteiger partial charge in [-0.1, -0.05) is 30.3 Å². The van der Waals surface area contributed by atoms with Crippen molar-refractivity contribution in [3.63, 3.8) is 0 Å². The molecule has 3 heterocycles. The van der Waals surface area contributed by atoms with Crippen LogP contribution in [0.25, 0.3) is 0 Å². The van der Waals surface area contributed by atoms with Gasteiger partial charge in [-0.3, -0.25) is 9.69 Å². The number of carbonyl (C=O) groups is 1. The number of benzene rings is 1. The maximum Gasteiger partial charge on any atom is 0.226 e. The van der Waals surface area contributed by atoms with E-state index in [9.17, 15) is 4.79 Å². The van der Waals surface area contributed by atoms with Gasteiger partial charge in [0.05, 0.1) is 0 Å². The summed E-state index contributed by atoms with van der Waals surface area (Å²) >= 11 is 1.83. The molecule has 1 unspecified atom stereocenters. The normalized spacial score (nSPS) is 20.3. The summed E-state index contributed by atoms with van der Waals surface area (Å²) in [5, 5.41) is 2.15. The monoisotopic (exact) mass is 354 g/mol. The van der Waals surface area contributed by atoms with Crippen molar-refractivity contribution in [1.29, 1.82) is 0 Å². The standard InChI is InChI=1S/C21H26N2OS/c1-16(17-5-3-2-4-6-17)22-11-7-18(8-12-22)21(24)23-13-9-20-19(15-23)10-14-25-20/h2-6,10,14,16,18H,7-9,11-13,15H2,1H3. The third-order valence-electron chi connectivity index (χ3n) is 5.83. The minimum Gasteiger partial charge on any atom is -0.338 e. The third-order valence-corrected chi connectivity index (χ3v) is 6.85. The highest BCUT2D eigenvalue weighted by Gasteiger charge is 2.31. The zero-order chi connectivity index (χ0) is 17.2. The molecule has 4 rings (SSSR count). The van der Waals surface area contributed by atoms with Crippen LogP contribution in [0.1, 0.15) is 41.8 Å². The van der Waals surface area contributed by atoms with Gasteiger partial charge >= 0.3 is 0 Å². The summed E-state index contributed by atoms with van der Waals surface area (Å²) in [5.41, 5.74) is 2.73. The molecule has 4 heteroatoms. The van der Waals surface area contributed by atoms with Gasteiger partial charge in [0, 0.05) is 29.9 Å². The smallest absolute Gasteiger partial charge is 0.226 e. The van der Waals surface area contributed by atoms with Crippen molar-refractivity contribution in [2.45, 2.75) is 38.8 Å². The highest BCUT2D eigenvalue weighted by atomic mass is 32.1. The molecule has 1 saturated heterocycles. The van der Waals surface area contributed by atoms with Gasteiger partial charge in [0.1, 0.15) is 0 Å². The topological polar surface area (TPSA) is 23.6 Å². The fraction of sp³-hybridized carbons (Fsp3) is 0.476. The minimum atomic E-state index is 0.208. The van der Waals surface area contributed by atoms with E-state index in [4.69, 9.17) is 0 Å². The molecule has 0 radical (unpaired) electrons. The molecular weight excluding hydrogens is 328 g/mol. The lowest BCUT2D eigenvalue weighted by Crippen LogP contribution is -2.44. The Morgan fingerprint density at radius 3 is 2.64 bits per heavy atom. The van der Waals surface area contributed by atoms with Crippen LogP contribution in [0.3, 0.4) is 0 Å². The highest BCUT2D eigenvalue weighted by Crippen LogP contribution is 2.30. The molecular formula is C21H26N2OS. The van der Waals surface area contributed by atoms with E-state index in [0.29, 0.717) is 11.9 Å². The van der Waals surface area contributed by atoms with Crippen LogP contribution >= 0.6 is 11.3 Å². The lowest BCUT2D eigenvalue weighted by molar-refractivity contribution is -0.138. The molecule has 2 aliphatic heterocycles. The van der Waals surface area contributed by atoms with Crippen molar-refractivity contribution in [3.05, 3.63) is 57.8 Å². The quantitative estimate of drug-likeness (QED) is 0.828. The van der Waals surface area contributed by atoms with Crippen LogP contribution < -0.4 is 0 Å². The third kappa shape index (κ3) is 3.51. The number of hydrogen-bond acceptors (Lipinski definition) is 3. The van der Waals surface area contributed by atoms with Crippen LogP contribution in [-0.4, -0.2) is 35.3 Å². The number of piperidine rings is 1. The molecule has 25 heavy (non-hydrogen) atoms. The van der Waals surface area contributed by atoms with Gasteiger partial charge in [0.2, 0.25) is 5.91 Å². The van der Waals surface area contributed by atoms with E-state index in [-0.39, 0.29) is 5.92 Å². The molecule has 1 aromatic carbocycles. The molecule has 0 spiro atoms. The zero-order valence-electron chi connectivity index (χ0n) is 14.9. The largest absolute Gasteiger partial charge is 0.338 e. The van der Waals surface area contributed by atoms with E-state index in [2.05, 4.69) is 58.5 Å².